The SMILES string of the molecule is CCCCCCCC1OC(=O)C=C1c1cccc2ccccc12. The number of benzene rings is 2. The fourth-order valence-electron chi connectivity index (χ4n) is 3.33. The third-order valence-electron chi connectivity index (χ3n) is 4.55. The number of unbranched alkanes of at least 4 members (excludes halogenated alkanes) is 4. The molecule has 0 fully saturated rings. The number of esters is 1. The molecule has 1 unspecified atom stereocenters. The molecule has 1 atom stereocenters. The van der Waals surface area contributed by atoms with Gasteiger partial charge in [0.25, 0.3) is 0 Å². The van der Waals surface area contributed by atoms with Gasteiger partial charge in [0, 0.05) is 11.6 Å². The zero-order valence-electron chi connectivity index (χ0n) is 13.8. The van der Waals surface area contributed by atoms with Crippen LogP contribution in [0.1, 0.15) is 51.0 Å². The first kappa shape index (κ1) is 15.8. The molecule has 0 radical (unpaired) electrons. The van der Waals surface area contributed by atoms with E-state index >= 15 is 0 Å². The van der Waals surface area contributed by atoms with Gasteiger partial charge in [-0.1, -0.05) is 75.1 Å². The smallest absolute Gasteiger partial charge is 0.331 e. The summed E-state index contributed by atoms with van der Waals surface area (Å²) >= 11 is 0. The van der Waals surface area contributed by atoms with Crippen molar-refractivity contribution in [3.8, 4) is 0 Å². The van der Waals surface area contributed by atoms with Crippen molar-refractivity contribution < 1.29 is 9.53 Å². The fourth-order valence-corrected chi connectivity index (χ4v) is 3.33. The lowest BCUT2D eigenvalue weighted by Crippen LogP contribution is -2.11. The van der Waals surface area contributed by atoms with E-state index in [1.165, 1.54) is 36.5 Å². The second kappa shape index (κ2) is 7.45. The van der Waals surface area contributed by atoms with Gasteiger partial charge in [-0.05, 0) is 29.2 Å². The van der Waals surface area contributed by atoms with Crippen molar-refractivity contribution in [3.05, 3.63) is 54.1 Å². The van der Waals surface area contributed by atoms with Crippen LogP contribution in [0, 0.1) is 0 Å². The Labute approximate surface area is 138 Å². The molecule has 0 saturated heterocycles. The Kier molecular flexibility index (Phi) is 5.12. The average Bonchev–Trinajstić information content (AvgIpc) is 2.95. The van der Waals surface area contributed by atoms with Crippen molar-refractivity contribution in [2.75, 3.05) is 0 Å². The molecule has 1 aliphatic rings. The number of ether oxygens (including phenoxy) is 1. The van der Waals surface area contributed by atoms with Gasteiger partial charge in [-0.25, -0.2) is 4.79 Å². The molecule has 2 aromatic rings. The Morgan fingerprint density at radius 3 is 2.61 bits per heavy atom. The van der Waals surface area contributed by atoms with E-state index in [0.717, 1.165) is 24.0 Å². The van der Waals surface area contributed by atoms with Crippen LogP contribution >= 0.6 is 0 Å². The highest BCUT2D eigenvalue weighted by Crippen LogP contribution is 2.34. The summed E-state index contributed by atoms with van der Waals surface area (Å²) in [4.78, 5) is 11.8. The molecule has 0 aliphatic carbocycles. The summed E-state index contributed by atoms with van der Waals surface area (Å²) in [6, 6.07) is 14.6. The third kappa shape index (κ3) is 3.64. The maximum atomic E-state index is 11.8. The van der Waals surface area contributed by atoms with E-state index in [4.69, 9.17) is 4.74 Å². The summed E-state index contributed by atoms with van der Waals surface area (Å²) in [7, 11) is 0. The molecule has 2 nitrogen and oxygen atoms in total. The average molecular weight is 308 g/mol. The normalized spacial score (nSPS) is 17.3. The Bertz CT molecular complexity index is 709. The van der Waals surface area contributed by atoms with E-state index in [0.29, 0.717) is 0 Å². The summed E-state index contributed by atoms with van der Waals surface area (Å²) in [5, 5.41) is 2.39. The highest BCUT2D eigenvalue weighted by atomic mass is 16.5. The van der Waals surface area contributed by atoms with Gasteiger partial charge in [0.1, 0.15) is 6.10 Å². The topological polar surface area (TPSA) is 26.3 Å². The molecule has 0 N–H and O–H groups in total. The van der Waals surface area contributed by atoms with Crippen LogP contribution in [-0.4, -0.2) is 12.1 Å². The number of carbonyl (C=O) groups excluding carboxylic acids is 1. The first-order chi connectivity index (χ1) is 11.3. The molecule has 0 saturated carbocycles. The second-order valence-corrected chi connectivity index (χ2v) is 6.25. The Morgan fingerprint density at radius 1 is 0.957 bits per heavy atom. The molecule has 0 amide bonds. The van der Waals surface area contributed by atoms with Gasteiger partial charge in [0.2, 0.25) is 0 Å². The lowest BCUT2D eigenvalue weighted by atomic mass is 9.93. The molecule has 0 bridgehead atoms. The molecule has 0 aromatic heterocycles. The summed E-state index contributed by atoms with van der Waals surface area (Å²) in [6.45, 7) is 2.22. The minimum Gasteiger partial charge on any atom is -0.454 e. The van der Waals surface area contributed by atoms with Crippen molar-refractivity contribution >= 4 is 22.3 Å². The molecule has 2 aromatic carbocycles. The van der Waals surface area contributed by atoms with E-state index in [1.54, 1.807) is 6.08 Å². The predicted octanol–water partition coefficient (Wildman–Crippen LogP) is 5.51. The summed E-state index contributed by atoms with van der Waals surface area (Å²) in [5.74, 6) is -0.202. The van der Waals surface area contributed by atoms with Crippen LogP contribution in [0.15, 0.2) is 48.5 Å². The molecule has 0 spiro atoms. The molecular formula is C21H24O2. The summed E-state index contributed by atoms with van der Waals surface area (Å²) in [6.07, 6.45) is 8.64. The molecule has 3 rings (SSSR count). The van der Waals surface area contributed by atoms with Gasteiger partial charge >= 0.3 is 5.97 Å². The minimum atomic E-state index is -0.202. The van der Waals surface area contributed by atoms with E-state index in [2.05, 4.69) is 37.3 Å². The van der Waals surface area contributed by atoms with Gasteiger partial charge < -0.3 is 4.74 Å². The molecule has 120 valence electrons. The monoisotopic (exact) mass is 308 g/mol. The van der Waals surface area contributed by atoms with Crippen LogP contribution in [0.2, 0.25) is 0 Å². The number of fused-ring (bicyclic) bond motifs is 1. The molecular weight excluding hydrogens is 284 g/mol. The summed E-state index contributed by atoms with van der Waals surface area (Å²) < 4.78 is 5.55. The maximum absolute atomic E-state index is 11.8. The first-order valence-corrected chi connectivity index (χ1v) is 8.70. The maximum Gasteiger partial charge on any atom is 0.331 e. The van der Waals surface area contributed by atoms with Crippen LogP contribution in [0.4, 0.5) is 0 Å². The van der Waals surface area contributed by atoms with Crippen LogP contribution in [0.25, 0.3) is 16.3 Å². The largest absolute Gasteiger partial charge is 0.454 e. The molecule has 1 heterocycles. The Morgan fingerprint density at radius 2 is 1.74 bits per heavy atom. The Balaban J connectivity index is 1.78. The lowest BCUT2D eigenvalue weighted by molar-refractivity contribution is -0.138. The van der Waals surface area contributed by atoms with E-state index in [-0.39, 0.29) is 12.1 Å². The number of hydrogen-bond donors (Lipinski definition) is 0. The quantitative estimate of drug-likeness (QED) is 0.498. The third-order valence-corrected chi connectivity index (χ3v) is 4.55. The Hall–Kier alpha value is -2.09. The fraction of sp³-hybridized carbons (Fsp3) is 0.381. The van der Waals surface area contributed by atoms with Gasteiger partial charge in [-0.3, -0.25) is 0 Å². The van der Waals surface area contributed by atoms with Crippen LogP contribution in [-0.2, 0) is 9.53 Å². The predicted molar refractivity (Wildman–Crippen MR) is 95.2 cm³/mol. The number of rotatable bonds is 7. The van der Waals surface area contributed by atoms with E-state index in [1.807, 2.05) is 12.1 Å². The highest BCUT2D eigenvalue weighted by Gasteiger charge is 2.27. The van der Waals surface area contributed by atoms with Crippen LogP contribution in [0.3, 0.4) is 0 Å². The second-order valence-electron chi connectivity index (χ2n) is 6.25. The van der Waals surface area contributed by atoms with E-state index in [9.17, 15) is 4.79 Å². The standard InChI is InChI=1S/C21H24O2/c1-2-3-4-5-6-14-20-19(15-21(22)23-20)18-13-9-11-16-10-7-8-12-17(16)18/h7-13,15,20H,2-6,14H2,1H3. The van der Waals surface area contributed by atoms with Gasteiger partial charge in [0.05, 0.1) is 0 Å². The zero-order valence-corrected chi connectivity index (χ0v) is 13.8. The number of hydrogen-bond acceptors (Lipinski definition) is 2. The van der Waals surface area contributed by atoms with Crippen molar-refractivity contribution in [3.63, 3.8) is 0 Å². The van der Waals surface area contributed by atoms with Gasteiger partial charge in [0.15, 0.2) is 0 Å². The van der Waals surface area contributed by atoms with Crippen molar-refractivity contribution in [1.82, 2.24) is 0 Å². The number of carbonyl (C=O) groups is 1. The first-order valence-electron chi connectivity index (χ1n) is 8.70. The number of cyclic esters (lactones) is 1. The van der Waals surface area contributed by atoms with Gasteiger partial charge in [-0.2, -0.15) is 0 Å². The minimum absolute atomic E-state index is 0.0880. The van der Waals surface area contributed by atoms with E-state index < -0.39 is 0 Å². The zero-order chi connectivity index (χ0) is 16.1. The molecule has 2 heteroatoms. The van der Waals surface area contributed by atoms with Crippen LogP contribution < -0.4 is 0 Å². The summed E-state index contributed by atoms with van der Waals surface area (Å²) in [5.41, 5.74) is 2.18. The van der Waals surface area contributed by atoms with Gasteiger partial charge in [-0.15, -0.1) is 0 Å². The van der Waals surface area contributed by atoms with Crippen molar-refractivity contribution in [2.45, 2.75) is 51.6 Å². The highest BCUT2D eigenvalue weighted by molar-refractivity contribution is 6.03. The van der Waals surface area contributed by atoms with Crippen molar-refractivity contribution in [2.24, 2.45) is 0 Å². The molecule has 23 heavy (non-hydrogen) atoms. The van der Waals surface area contributed by atoms with Crippen molar-refractivity contribution in [1.29, 1.82) is 0 Å². The molecule has 1 aliphatic heterocycles. The lowest BCUT2D eigenvalue weighted by Gasteiger charge is -2.16. The van der Waals surface area contributed by atoms with Crippen LogP contribution in [0.5, 0.6) is 0 Å².